The molecule has 1 aliphatic heterocycles. The van der Waals surface area contributed by atoms with Gasteiger partial charge in [0.1, 0.15) is 5.82 Å². The highest BCUT2D eigenvalue weighted by Gasteiger charge is 2.30. The van der Waals surface area contributed by atoms with Crippen LogP contribution in [-0.4, -0.2) is 52.7 Å². The Kier molecular flexibility index (Phi) is 7.50. The summed E-state index contributed by atoms with van der Waals surface area (Å²) in [6.45, 7) is 0.454. The predicted octanol–water partition coefficient (Wildman–Crippen LogP) is 3.64. The fourth-order valence-electron chi connectivity index (χ4n) is 4.47. The lowest BCUT2D eigenvalue weighted by Crippen LogP contribution is -2.41. The lowest BCUT2D eigenvalue weighted by atomic mass is 9.94. The minimum Gasteiger partial charge on any atom is -0.416 e. The lowest BCUT2D eigenvalue weighted by molar-refractivity contribution is -0.132. The van der Waals surface area contributed by atoms with Crippen molar-refractivity contribution in [1.29, 1.82) is 0 Å². The van der Waals surface area contributed by atoms with Crippen molar-refractivity contribution in [2.45, 2.75) is 62.8 Å². The number of carbonyl (C=O) groups is 1. The van der Waals surface area contributed by atoms with Crippen molar-refractivity contribution in [3.63, 3.8) is 0 Å². The third-order valence-corrected chi connectivity index (χ3v) is 8.80. The Hall–Kier alpha value is -1.94. The monoisotopic (exact) mass is 481 g/mol. The first-order valence-electron chi connectivity index (χ1n) is 11.1. The van der Waals surface area contributed by atoms with Crippen LogP contribution in [0.25, 0.3) is 0 Å². The topological polar surface area (TPSA) is 93.4 Å². The highest BCUT2D eigenvalue weighted by atomic mass is 32.2. The Morgan fingerprint density at radius 1 is 1.12 bits per heavy atom. The predicted molar refractivity (Wildman–Crippen MR) is 119 cm³/mol. The quantitative estimate of drug-likeness (QED) is 0.532. The molecule has 1 saturated heterocycles. The van der Waals surface area contributed by atoms with E-state index in [-0.39, 0.29) is 40.9 Å². The second-order valence-electron chi connectivity index (χ2n) is 8.66. The number of sulfone groups is 1. The smallest absolute Gasteiger partial charge is 0.277 e. The molecule has 7 nitrogen and oxygen atoms in total. The normalized spacial score (nSPS) is 21.0. The van der Waals surface area contributed by atoms with Gasteiger partial charge in [0, 0.05) is 19.0 Å². The van der Waals surface area contributed by atoms with Gasteiger partial charge in [0.05, 0.1) is 17.3 Å². The number of amides is 1. The molecule has 10 heteroatoms. The molecule has 0 spiro atoms. The van der Waals surface area contributed by atoms with Gasteiger partial charge < -0.3 is 9.32 Å². The molecule has 0 radical (unpaired) electrons. The molecule has 2 aliphatic rings. The van der Waals surface area contributed by atoms with Crippen LogP contribution in [0, 0.1) is 11.7 Å². The van der Waals surface area contributed by atoms with E-state index in [0.717, 1.165) is 31.2 Å². The number of rotatable bonds is 8. The number of hydrogen-bond acceptors (Lipinski definition) is 7. The fourth-order valence-corrected chi connectivity index (χ4v) is 6.99. The average Bonchev–Trinajstić information content (AvgIpc) is 3.37. The number of aromatic nitrogens is 2. The van der Waals surface area contributed by atoms with Crippen molar-refractivity contribution in [2.24, 2.45) is 5.92 Å². The summed E-state index contributed by atoms with van der Waals surface area (Å²) in [4.78, 5) is 15.0. The van der Waals surface area contributed by atoms with Crippen LogP contribution in [0.2, 0.25) is 0 Å². The number of benzene rings is 1. The van der Waals surface area contributed by atoms with Crippen LogP contribution in [0.3, 0.4) is 0 Å². The summed E-state index contributed by atoms with van der Waals surface area (Å²) in [5.41, 5.74) is 0.905. The highest BCUT2D eigenvalue weighted by Crippen LogP contribution is 2.27. The summed E-state index contributed by atoms with van der Waals surface area (Å²) in [6, 6.07) is 6.47. The molecule has 0 N–H and O–H groups in total. The number of halogens is 1. The molecule has 0 bridgehead atoms. The largest absolute Gasteiger partial charge is 0.416 e. The van der Waals surface area contributed by atoms with Gasteiger partial charge in [-0.3, -0.25) is 4.79 Å². The molecule has 2 heterocycles. The van der Waals surface area contributed by atoms with Gasteiger partial charge in [0.25, 0.3) is 5.22 Å². The van der Waals surface area contributed by atoms with Gasteiger partial charge in [-0.1, -0.05) is 43.2 Å². The van der Waals surface area contributed by atoms with Crippen LogP contribution in [0.4, 0.5) is 4.39 Å². The molecule has 1 amide bonds. The second-order valence-corrected chi connectivity index (χ2v) is 11.8. The van der Waals surface area contributed by atoms with Crippen molar-refractivity contribution in [1.82, 2.24) is 15.1 Å². The molecule has 1 aliphatic carbocycles. The molecular formula is C22H28FN3O4S2. The van der Waals surface area contributed by atoms with E-state index in [1.165, 1.54) is 30.3 Å². The van der Waals surface area contributed by atoms with E-state index >= 15 is 0 Å². The maximum Gasteiger partial charge on any atom is 0.277 e. The Labute approximate surface area is 192 Å². The summed E-state index contributed by atoms with van der Waals surface area (Å²) in [7, 11) is -2.94. The molecule has 32 heavy (non-hydrogen) atoms. The second kappa shape index (κ2) is 10.3. The minimum absolute atomic E-state index is 0.00661. The Morgan fingerprint density at radius 2 is 1.88 bits per heavy atom. The van der Waals surface area contributed by atoms with Crippen LogP contribution in [0.1, 0.15) is 50.0 Å². The summed E-state index contributed by atoms with van der Waals surface area (Å²) >= 11 is 1.20. The molecule has 1 saturated carbocycles. The maximum absolute atomic E-state index is 13.3. The van der Waals surface area contributed by atoms with Crippen LogP contribution in [-0.2, 0) is 27.6 Å². The summed E-state index contributed by atoms with van der Waals surface area (Å²) < 4.78 is 42.2. The standard InChI is InChI=1S/C22H28FN3O4S2/c23-18-8-6-16(7-9-18)13-26(19-4-2-1-3-5-19)21(27)14-31-22-25-24-20(30-22)12-17-10-11-32(28,29)15-17/h6-9,17,19H,1-5,10-15H2/t17-/m0/s1. The van der Waals surface area contributed by atoms with Crippen LogP contribution in [0.15, 0.2) is 33.9 Å². The van der Waals surface area contributed by atoms with Gasteiger partial charge in [-0.25, -0.2) is 12.8 Å². The first-order chi connectivity index (χ1) is 15.4. The van der Waals surface area contributed by atoms with E-state index in [1.54, 1.807) is 12.1 Å². The van der Waals surface area contributed by atoms with Gasteiger partial charge in [-0.05, 0) is 42.9 Å². The van der Waals surface area contributed by atoms with E-state index in [1.807, 2.05) is 4.90 Å². The van der Waals surface area contributed by atoms with Crippen molar-refractivity contribution in [3.05, 3.63) is 41.5 Å². The molecule has 4 rings (SSSR count). The number of hydrogen-bond donors (Lipinski definition) is 0. The molecule has 1 aromatic carbocycles. The molecule has 174 valence electrons. The maximum atomic E-state index is 13.3. The Balaban J connectivity index is 1.35. The number of thioether (sulfide) groups is 1. The molecule has 0 unspecified atom stereocenters. The van der Waals surface area contributed by atoms with Gasteiger partial charge in [0.15, 0.2) is 9.84 Å². The SMILES string of the molecule is O=C(CSc1nnc(C[C@@H]2CCS(=O)(=O)C2)o1)N(Cc1ccc(F)cc1)C1CCCCC1. The van der Waals surface area contributed by atoms with Crippen molar-refractivity contribution >= 4 is 27.5 Å². The van der Waals surface area contributed by atoms with Crippen molar-refractivity contribution in [3.8, 4) is 0 Å². The third-order valence-electron chi connectivity index (χ3n) is 6.16. The van der Waals surface area contributed by atoms with Crippen molar-refractivity contribution < 1.29 is 22.0 Å². The van der Waals surface area contributed by atoms with Gasteiger partial charge in [-0.15, -0.1) is 10.2 Å². The number of carbonyl (C=O) groups excluding carboxylic acids is 1. The van der Waals surface area contributed by atoms with Gasteiger partial charge in [-0.2, -0.15) is 0 Å². The summed E-state index contributed by atoms with van der Waals surface area (Å²) in [6.07, 6.45) is 6.42. The van der Waals surface area contributed by atoms with E-state index in [0.29, 0.717) is 30.5 Å². The zero-order chi connectivity index (χ0) is 22.6. The zero-order valence-corrected chi connectivity index (χ0v) is 19.5. The summed E-state index contributed by atoms with van der Waals surface area (Å²) in [5, 5.41) is 8.36. The number of nitrogens with zero attached hydrogens (tertiary/aromatic N) is 3. The van der Waals surface area contributed by atoms with Crippen molar-refractivity contribution in [2.75, 3.05) is 17.3 Å². The molecule has 1 aromatic heterocycles. The Bertz CT molecular complexity index is 1020. The van der Waals surface area contributed by atoms with E-state index in [2.05, 4.69) is 10.2 Å². The third kappa shape index (κ3) is 6.31. The van der Waals surface area contributed by atoms with Crippen LogP contribution >= 0.6 is 11.8 Å². The lowest BCUT2D eigenvalue weighted by Gasteiger charge is -2.34. The van der Waals surface area contributed by atoms with Gasteiger partial charge in [0.2, 0.25) is 11.8 Å². The molecule has 1 atom stereocenters. The van der Waals surface area contributed by atoms with E-state index < -0.39 is 9.84 Å². The van der Waals surface area contributed by atoms with E-state index in [4.69, 9.17) is 4.42 Å². The van der Waals surface area contributed by atoms with Gasteiger partial charge >= 0.3 is 0 Å². The molecule has 2 fully saturated rings. The first kappa shape index (κ1) is 23.2. The van der Waals surface area contributed by atoms with Crippen LogP contribution < -0.4 is 0 Å². The zero-order valence-electron chi connectivity index (χ0n) is 17.9. The summed E-state index contributed by atoms with van der Waals surface area (Å²) in [5.74, 6) is 0.685. The van der Waals surface area contributed by atoms with Crippen LogP contribution in [0.5, 0.6) is 0 Å². The molecular weight excluding hydrogens is 453 g/mol. The minimum atomic E-state index is -2.94. The van der Waals surface area contributed by atoms with E-state index in [9.17, 15) is 17.6 Å². The first-order valence-corrected chi connectivity index (χ1v) is 13.9. The molecule has 2 aromatic rings. The Morgan fingerprint density at radius 3 is 2.56 bits per heavy atom. The highest BCUT2D eigenvalue weighted by molar-refractivity contribution is 7.99. The average molecular weight is 482 g/mol. The fraction of sp³-hybridized carbons (Fsp3) is 0.591.